The van der Waals surface area contributed by atoms with Crippen molar-refractivity contribution >= 4 is 17.5 Å². The fourth-order valence-corrected chi connectivity index (χ4v) is 2.16. The van der Waals surface area contributed by atoms with Gasteiger partial charge in [0.25, 0.3) is 0 Å². The van der Waals surface area contributed by atoms with Gasteiger partial charge in [-0.3, -0.25) is 4.79 Å². The first-order valence-corrected chi connectivity index (χ1v) is 5.36. The standard InChI is InChI=1S/C11H13ClN2O/c12-9-4-2-1-3-8(9)10-7-11(15)14(10)6-5-13/h1-4,10H,5-7,13H2. The molecule has 0 saturated carbocycles. The summed E-state index contributed by atoms with van der Waals surface area (Å²) in [5.74, 6) is 0.158. The first kappa shape index (κ1) is 10.5. The molecule has 3 nitrogen and oxygen atoms in total. The highest BCUT2D eigenvalue weighted by Gasteiger charge is 2.37. The Kier molecular flexibility index (Phi) is 2.93. The number of nitrogens with two attached hydrogens (primary N) is 1. The normalized spacial score (nSPS) is 20.3. The van der Waals surface area contributed by atoms with Crippen molar-refractivity contribution in [1.82, 2.24) is 4.90 Å². The highest BCUT2D eigenvalue weighted by atomic mass is 35.5. The summed E-state index contributed by atoms with van der Waals surface area (Å²) in [6.45, 7) is 1.10. The van der Waals surface area contributed by atoms with E-state index in [1.807, 2.05) is 24.3 Å². The number of halogens is 1. The summed E-state index contributed by atoms with van der Waals surface area (Å²) in [6, 6.07) is 7.75. The molecule has 1 fully saturated rings. The molecule has 0 aliphatic carbocycles. The molecule has 1 aliphatic rings. The van der Waals surface area contributed by atoms with Crippen molar-refractivity contribution in [2.45, 2.75) is 12.5 Å². The molecule has 15 heavy (non-hydrogen) atoms. The van der Waals surface area contributed by atoms with Crippen molar-refractivity contribution in [3.05, 3.63) is 34.9 Å². The number of hydrogen-bond donors (Lipinski definition) is 1. The largest absolute Gasteiger partial charge is 0.334 e. The van der Waals surface area contributed by atoms with Crippen LogP contribution in [-0.4, -0.2) is 23.9 Å². The molecule has 1 aliphatic heterocycles. The van der Waals surface area contributed by atoms with E-state index in [1.165, 1.54) is 0 Å². The zero-order chi connectivity index (χ0) is 10.8. The number of hydrogen-bond acceptors (Lipinski definition) is 2. The van der Waals surface area contributed by atoms with Gasteiger partial charge in [0.15, 0.2) is 0 Å². The van der Waals surface area contributed by atoms with E-state index in [2.05, 4.69) is 0 Å². The molecule has 2 rings (SSSR count). The molecule has 0 bridgehead atoms. The second-order valence-corrected chi connectivity index (χ2v) is 4.02. The Hall–Kier alpha value is -1.06. The van der Waals surface area contributed by atoms with Gasteiger partial charge in [0, 0.05) is 18.1 Å². The van der Waals surface area contributed by atoms with E-state index in [0.29, 0.717) is 19.5 Å². The van der Waals surface area contributed by atoms with Crippen LogP contribution in [0.2, 0.25) is 5.02 Å². The van der Waals surface area contributed by atoms with Gasteiger partial charge in [-0.25, -0.2) is 0 Å². The van der Waals surface area contributed by atoms with E-state index in [-0.39, 0.29) is 11.9 Å². The monoisotopic (exact) mass is 224 g/mol. The molecule has 0 radical (unpaired) electrons. The van der Waals surface area contributed by atoms with Crippen LogP contribution in [0.25, 0.3) is 0 Å². The molecule has 2 N–H and O–H groups in total. The predicted octanol–water partition coefficient (Wildman–Crippen LogP) is 1.57. The third-order valence-electron chi connectivity index (χ3n) is 2.70. The first-order valence-electron chi connectivity index (χ1n) is 4.98. The van der Waals surface area contributed by atoms with E-state index < -0.39 is 0 Å². The van der Waals surface area contributed by atoms with E-state index in [9.17, 15) is 4.79 Å². The number of β-lactam (4-membered cyclic amide) rings is 1. The quantitative estimate of drug-likeness (QED) is 0.793. The Bertz CT molecular complexity index is 381. The van der Waals surface area contributed by atoms with Crippen LogP contribution in [0.5, 0.6) is 0 Å². The summed E-state index contributed by atoms with van der Waals surface area (Å²) in [7, 11) is 0. The number of amides is 1. The molecule has 1 saturated heterocycles. The molecular formula is C11H13ClN2O. The van der Waals surface area contributed by atoms with E-state index in [1.54, 1.807) is 4.90 Å². The Morgan fingerprint density at radius 1 is 1.47 bits per heavy atom. The summed E-state index contributed by atoms with van der Waals surface area (Å²) in [5, 5.41) is 0.719. The minimum absolute atomic E-state index is 0.120. The van der Waals surface area contributed by atoms with Gasteiger partial charge in [-0.1, -0.05) is 29.8 Å². The average Bonchev–Trinajstić information content (AvgIpc) is 2.24. The topological polar surface area (TPSA) is 46.3 Å². The SMILES string of the molecule is NCCN1C(=O)CC1c1ccccc1Cl. The van der Waals surface area contributed by atoms with Crippen molar-refractivity contribution in [2.75, 3.05) is 13.1 Å². The lowest BCUT2D eigenvalue weighted by Crippen LogP contribution is -2.48. The number of carbonyl (C=O) groups excluding carboxylic acids is 1. The smallest absolute Gasteiger partial charge is 0.225 e. The maximum atomic E-state index is 11.3. The zero-order valence-corrected chi connectivity index (χ0v) is 9.07. The van der Waals surface area contributed by atoms with Gasteiger partial charge in [0.1, 0.15) is 0 Å². The van der Waals surface area contributed by atoms with Crippen LogP contribution in [0.4, 0.5) is 0 Å². The first-order chi connectivity index (χ1) is 7.24. The molecule has 1 heterocycles. The maximum absolute atomic E-state index is 11.3. The Labute approximate surface area is 93.8 Å². The Morgan fingerprint density at radius 3 is 2.80 bits per heavy atom. The lowest BCUT2D eigenvalue weighted by molar-refractivity contribution is -0.146. The van der Waals surface area contributed by atoms with Gasteiger partial charge in [-0.15, -0.1) is 0 Å². The fraction of sp³-hybridized carbons (Fsp3) is 0.364. The van der Waals surface area contributed by atoms with Gasteiger partial charge < -0.3 is 10.6 Å². The third-order valence-corrected chi connectivity index (χ3v) is 3.04. The summed E-state index contributed by atoms with van der Waals surface area (Å²) in [4.78, 5) is 13.1. The minimum atomic E-state index is 0.120. The number of likely N-dealkylation sites (tertiary alicyclic amines) is 1. The minimum Gasteiger partial charge on any atom is -0.334 e. The van der Waals surface area contributed by atoms with Crippen molar-refractivity contribution in [2.24, 2.45) is 5.73 Å². The van der Waals surface area contributed by atoms with Crippen LogP contribution in [0.1, 0.15) is 18.0 Å². The van der Waals surface area contributed by atoms with E-state index >= 15 is 0 Å². The number of rotatable bonds is 3. The van der Waals surface area contributed by atoms with E-state index in [0.717, 1.165) is 10.6 Å². The molecule has 1 unspecified atom stereocenters. The highest BCUT2D eigenvalue weighted by Crippen LogP contribution is 2.37. The second kappa shape index (κ2) is 4.21. The number of nitrogens with zero attached hydrogens (tertiary/aromatic N) is 1. The fourth-order valence-electron chi connectivity index (χ4n) is 1.90. The van der Waals surface area contributed by atoms with Crippen LogP contribution >= 0.6 is 11.6 Å². The molecule has 80 valence electrons. The van der Waals surface area contributed by atoms with Crippen molar-refractivity contribution in [3.63, 3.8) is 0 Å². The number of benzene rings is 1. The zero-order valence-electron chi connectivity index (χ0n) is 8.32. The third kappa shape index (κ3) is 1.85. The molecular weight excluding hydrogens is 212 g/mol. The van der Waals surface area contributed by atoms with Crippen LogP contribution in [0.15, 0.2) is 24.3 Å². The number of carbonyl (C=O) groups is 1. The molecule has 0 spiro atoms. The van der Waals surface area contributed by atoms with Crippen LogP contribution in [-0.2, 0) is 4.79 Å². The van der Waals surface area contributed by atoms with Gasteiger partial charge in [-0.2, -0.15) is 0 Å². The Balaban J connectivity index is 2.19. The maximum Gasteiger partial charge on any atom is 0.225 e. The molecule has 1 amide bonds. The molecule has 4 heteroatoms. The summed E-state index contributed by atoms with van der Waals surface area (Å²) in [6.07, 6.45) is 0.545. The van der Waals surface area contributed by atoms with Crippen molar-refractivity contribution in [1.29, 1.82) is 0 Å². The summed E-state index contributed by atoms with van der Waals surface area (Å²) >= 11 is 6.08. The van der Waals surface area contributed by atoms with Crippen LogP contribution in [0.3, 0.4) is 0 Å². The van der Waals surface area contributed by atoms with Crippen molar-refractivity contribution < 1.29 is 4.79 Å². The van der Waals surface area contributed by atoms with Crippen LogP contribution < -0.4 is 5.73 Å². The molecule has 0 aromatic heterocycles. The van der Waals surface area contributed by atoms with Gasteiger partial charge in [0.2, 0.25) is 5.91 Å². The Morgan fingerprint density at radius 2 is 2.20 bits per heavy atom. The molecule has 1 aromatic rings. The second-order valence-electron chi connectivity index (χ2n) is 3.62. The van der Waals surface area contributed by atoms with Gasteiger partial charge >= 0.3 is 0 Å². The lowest BCUT2D eigenvalue weighted by Gasteiger charge is -2.41. The average molecular weight is 225 g/mol. The predicted molar refractivity (Wildman–Crippen MR) is 59.6 cm³/mol. The molecule has 1 atom stereocenters. The summed E-state index contributed by atoms with van der Waals surface area (Å²) in [5.41, 5.74) is 6.47. The summed E-state index contributed by atoms with van der Waals surface area (Å²) < 4.78 is 0. The highest BCUT2D eigenvalue weighted by molar-refractivity contribution is 6.31. The molecule has 1 aromatic carbocycles. The van der Waals surface area contributed by atoms with Crippen molar-refractivity contribution in [3.8, 4) is 0 Å². The van der Waals surface area contributed by atoms with Gasteiger partial charge in [0.05, 0.1) is 12.5 Å². The van der Waals surface area contributed by atoms with E-state index in [4.69, 9.17) is 17.3 Å². The van der Waals surface area contributed by atoms with Crippen LogP contribution in [0, 0.1) is 0 Å². The van der Waals surface area contributed by atoms with Gasteiger partial charge in [-0.05, 0) is 11.6 Å². The lowest BCUT2D eigenvalue weighted by atomic mass is 9.94.